The zero-order valence-corrected chi connectivity index (χ0v) is 17.8. The fraction of sp³-hybridized carbons (Fsp3) is 0.381. The van der Waals surface area contributed by atoms with Crippen LogP contribution < -0.4 is 14.8 Å². The summed E-state index contributed by atoms with van der Waals surface area (Å²) in [6.07, 6.45) is 0.548. The minimum absolute atomic E-state index is 0.266. The minimum Gasteiger partial charge on any atom is -0.493 e. The van der Waals surface area contributed by atoms with E-state index in [1.165, 1.54) is 12.1 Å². The van der Waals surface area contributed by atoms with Crippen molar-refractivity contribution in [2.75, 3.05) is 7.11 Å². The molecule has 28 heavy (non-hydrogen) atoms. The Hall–Kier alpha value is -2.12. The molecule has 2 rings (SSSR count). The molecule has 0 aromatic heterocycles. The van der Waals surface area contributed by atoms with Crippen LogP contribution in [0.4, 0.5) is 4.39 Å². The SMILES string of the molecule is COc1cc(CNC(CC(C)C)C(=O)O)cc(Br)c1OCc1ccc(F)cc1. The number of carboxylic acid groups (broad SMARTS) is 1. The smallest absolute Gasteiger partial charge is 0.320 e. The van der Waals surface area contributed by atoms with Gasteiger partial charge >= 0.3 is 5.97 Å². The zero-order chi connectivity index (χ0) is 20.7. The highest BCUT2D eigenvalue weighted by Gasteiger charge is 2.19. The van der Waals surface area contributed by atoms with Gasteiger partial charge in [-0.1, -0.05) is 26.0 Å². The predicted octanol–water partition coefficient (Wildman–Crippen LogP) is 4.76. The molecular weight excluding hydrogens is 429 g/mol. The number of methoxy groups -OCH3 is 1. The maximum absolute atomic E-state index is 13.0. The van der Waals surface area contributed by atoms with Crippen LogP contribution in [-0.4, -0.2) is 24.2 Å². The number of carbonyl (C=O) groups is 1. The average molecular weight is 454 g/mol. The lowest BCUT2D eigenvalue weighted by atomic mass is 10.0. The first kappa shape index (κ1) is 22.2. The van der Waals surface area contributed by atoms with Crippen LogP contribution in [0, 0.1) is 11.7 Å². The summed E-state index contributed by atoms with van der Waals surface area (Å²) in [5, 5.41) is 12.4. The highest BCUT2D eigenvalue weighted by atomic mass is 79.9. The third-order valence-corrected chi connectivity index (χ3v) is 4.73. The molecule has 2 N–H and O–H groups in total. The van der Waals surface area contributed by atoms with Crippen LogP contribution in [0.5, 0.6) is 11.5 Å². The monoisotopic (exact) mass is 453 g/mol. The summed E-state index contributed by atoms with van der Waals surface area (Å²) in [6, 6.07) is 9.16. The summed E-state index contributed by atoms with van der Waals surface area (Å²) in [5.74, 6) is 0.184. The van der Waals surface area contributed by atoms with Crippen molar-refractivity contribution in [2.45, 2.75) is 39.5 Å². The van der Waals surface area contributed by atoms with Gasteiger partial charge in [-0.25, -0.2) is 4.39 Å². The van der Waals surface area contributed by atoms with E-state index in [2.05, 4.69) is 21.2 Å². The second-order valence-electron chi connectivity index (χ2n) is 6.93. The van der Waals surface area contributed by atoms with Gasteiger partial charge in [-0.2, -0.15) is 0 Å². The van der Waals surface area contributed by atoms with Gasteiger partial charge < -0.3 is 19.9 Å². The number of aliphatic carboxylic acids is 1. The van der Waals surface area contributed by atoms with E-state index < -0.39 is 12.0 Å². The number of hydrogen-bond donors (Lipinski definition) is 2. The van der Waals surface area contributed by atoms with Crippen LogP contribution in [0.2, 0.25) is 0 Å². The Bertz CT molecular complexity index is 796. The van der Waals surface area contributed by atoms with Gasteiger partial charge in [0.1, 0.15) is 18.5 Å². The molecule has 0 fully saturated rings. The van der Waals surface area contributed by atoms with E-state index in [-0.39, 0.29) is 18.3 Å². The number of benzene rings is 2. The number of hydrogen-bond acceptors (Lipinski definition) is 4. The van der Waals surface area contributed by atoms with Gasteiger partial charge in [0.25, 0.3) is 0 Å². The van der Waals surface area contributed by atoms with E-state index in [4.69, 9.17) is 9.47 Å². The van der Waals surface area contributed by atoms with Crippen molar-refractivity contribution in [2.24, 2.45) is 5.92 Å². The molecule has 1 atom stereocenters. The highest BCUT2D eigenvalue weighted by molar-refractivity contribution is 9.10. The molecule has 0 aliphatic rings. The molecular formula is C21H25BrFNO4. The third-order valence-electron chi connectivity index (χ3n) is 4.14. The predicted molar refractivity (Wildman–Crippen MR) is 109 cm³/mol. The molecule has 2 aromatic rings. The van der Waals surface area contributed by atoms with Crippen LogP contribution in [0.1, 0.15) is 31.4 Å². The Morgan fingerprint density at radius 2 is 1.89 bits per heavy atom. The molecule has 5 nitrogen and oxygen atoms in total. The van der Waals surface area contributed by atoms with E-state index >= 15 is 0 Å². The van der Waals surface area contributed by atoms with Crippen LogP contribution in [0.25, 0.3) is 0 Å². The van der Waals surface area contributed by atoms with Crippen LogP contribution >= 0.6 is 15.9 Å². The number of rotatable bonds is 10. The summed E-state index contributed by atoms with van der Waals surface area (Å²) in [4.78, 5) is 11.4. The van der Waals surface area contributed by atoms with E-state index in [9.17, 15) is 14.3 Å². The van der Waals surface area contributed by atoms with Gasteiger partial charge in [-0.05, 0) is 63.7 Å². The van der Waals surface area contributed by atoms with Gasteiger partial charge in [-0.15, -0.1) is 0 Å². The molecule has 1 unspecified atom stereocenters. The van der Waals surface area contributed by atoms with Gasteiger partial charge in [0, 0.05) is 6.54 Å². The van der Waals surface area contributed by atoms with E-state index in [1.807, 2.05) is 26.0 Å². The fourth-order valence-electron chi connectivity index (χ4n) is 2.74. The van der Waals surface area contributed by atoms with Crippen molar-refractivity contribution in [3.8, 4) is 11.5 Å². The largest absolute Gasteiger partial charge is 0.493 e. The van der Waals surface area contributed by atoms with Gasteiger partial charge in [0.15, 0.2) is 11.5 Å². The second kappa shape index (κ2) is 10.4. The fourth-order valence-corrected chi connectivity index (χ4v) is 3.34. The maximum Gasteiger partial charge on any atom is 0.320 e. The number of carboxylic acids is 1. The van der Waals surface area contributed by atoms with Crippen LogP contribution in [0.15, 0.2) is 40.9 Å². The molecule has 152 valence electrons. The molecule has 0 aliphatic heterocycles. The summed E-state index contributed by atoms with van der Waals surface area (Å²) < 4.78 is 25.0. The number of ether oxygens (including phenoxy) is 2. The van der Waals surface area contributed by atoms with Crippen LogP contribution in [-0.2, 0) is 17.9 Å². The standard InChI is InChI=1S/C21H25BrFNO4/c1-13(2)8-18(21(25)26)24-11-15-9-17(22)20(19(10-15)27-3)28-12-14-4-6-16(23)7-5-14/h4-7,9-10,13,18,24H,8,11-12H2,1-3H3,(H,25,26). The Balaban J connectivity index is 2.09. The topological polar surface area (TPSA) is 67.8 Å². The molecule has 0 heterocycles. The van der Waals surface area contributed by atoms with Gasteiger partial charge in [-0.3, -0.25) is 4.79 Å². The molecule has 0 spiro atoms. The normalized spacial score (nSPS) is 12.1. The zero-order valence-electron chi connectivity index (χ0n) is 16.2. The third kappa shape index (κ3) is 6.49. The van der Waals surface area contributed by atoms with Crippen molar-refractivity contribution >= 4 is 21.9 Å². The summed E-state index contributed by atoms with van der Waals surface area (Å²) in [6.45, 7) is 4.63. The highest BCUT2D eigenvalue weighted by Crippen LogP contribution is 2.37. The van der Waals surface area contributed by atoms with Crippen molar-refractivity contribution in [1.82, 2.24) is 5.32 Å². The van der Waals surface area contributed by atoms with E-state index in [1.54, 1.807) is 19.2 Å². The van der Waals surface area contributed by atoms with Crippen molar-refractivity contribution in [3.05, 3.63) is 57.8 Å². The van der Waals surface area contributed by atoms with Crippen molar-refractivity contribution in [1.29, 1.82) is 0 Å². The average Bonchev–Trinajstić information content (AvgIpc) is 2.64. The van der Waals surface area contributed by atoms with Gasteiger partial charge in [0.2, 0.25) is 0 Å². The Labute approximate surface area is 173 Å². The Morgan fingerprint density at radius 3 is 2.46 bits per heavy atom. The van der Waals surface area contributed by atoms with Crippen molar-refractivity contribution in [3.63, 3.8) is 0 Å². The molecule has 0 bridgehead atoms. The maximum atomic E-state index is 13.0. The first-order chi connectivity index (χ1) is 13.3. The van der Waals surface area contributed by atoms with Gasteiger partial charge in [0.05, 0.1) is 11.6 Å². The second-order valence-corrected chi connectivity index (χ2v) is 7.78. The van der Waals surface area contributed by atoms with Crippen molar-refractivity contribution < 1.29 is 23.8 Å². The number of halogens is 2. The lowest BCUT2D eigenvalue weighted by molar-refractivity contribution is -0.140. The molecule has 7 heteroatoms. The number of nitrogens with one attached hydrogen (secondary N) is 1. The summed E-state index contributed by atoms with van der Waals surface area (Å²) >= 11 is 3.49. The first-order valence-corrected chi connectivity index (χ1v) is 9.79. The molecule has 2 aromatic carbocycles. The quantitative estimate of drug-likeness (QED) is 0.542. The molecule has 0 amide bonds. The molecule has 0 radical (unpaired) electrons. The Morgan fingerprint density at radius 1 is 1.21 bits per heavy atom. The van der Waals surface area contributed by atoms with E-state index in [0.29, 0.717) is 28.9 Å². The lowest BCUT2D eigenvalue weighted by Gasteiger charge is -2.18. The minimum atomic E-state index is -0.862. The van der Waals surface area contributed by atoms with Crippen LogP contribution in [0.3, 0.4) is 0 Å². The first-order valence-electron chi connectivity index (χ1n) is 9.00. The lowest BCUT2D eigenvalue weighted by Crippen LogP contribution is -2.37. The molecule has 0 saturated carbocycles. The molecule has 0 saturated heterocycles. The Kier molecular flexibility index (Phi) is 8.26. The summed E-state index contributed by atoms with van der Waals surface area (Å²) in [7, 11) is 1.54. The van der Waals surface area contributed by atoms with E-state index in [0.717, 1.165) is 11.1 Å². The summed E-state index contributed by atoms with van der Waals surface area (Å²) in [5.41, 5.74) is 1.70. The molecule has 0 aliphatic carbocycles.